The Balaban J connectivity index is 1.71. The minimum absolute atomic E-state index is 0.000928. The van der Waals surface area contributed by atoms with E-state index in [1.807, 2.05) is 24.6 Å². The molecule has 0 bridgehead atoms. The predicted molar refractivity (Wildman–Crippen MR) is 92.1 cm³/mol. The number of carbonyl (C=O) groups is 1. The lowest BCUT2D eigenvalue weighted by molar-refractivity contribution is 0.0270. The Morgan fingerprint density at radius 3 is 3.00 bits per heavy atom. The Hall–Kier alpha value is -1.64. The number of aromatic nitrogens is 3. The van der Waals surface area contributed by atoms with Gasteiger partial charge < -0.3 is 14.4 Å². The van der Waals surface area contributed by atoms with Crippen molar-refractivity contribution in [2.75, 3.05) is 31.7 Å². The molecular formula is C15H19ClN4O3S. The van der Waals surface area contributed by atoms with Gasteiger partial charge in [0.15, 0.2) is 15.2 Å². The van der Waals surface area contributed by atoms with Crippen molar-refractivity contribution in [3.8, 4) is 0 Å². The van der Waals surface area contributed by atoms with Crippen molar-refractivity contribution in [2.24, 2.45) is 0 Å². The molecule has 0 aromatic carbocycles. The Kier molecular flexibility index (Phi) is 5.07. The molecule has 0 spiro atoms. The molecule has 1 unspecified atom stereocenters. The molecular weight excluding hydrogens is 352 g/mol. The third-order valence-electron chi connectivity index (χ3n) is 3.83. The van der Waals surface area contributed by atoms with Gasteiger partial charge in [-0.25, -0.2) is 9.78 Å². The number of rotatable bonds is 4. The monoisotopic (exact) mass is 370 g/mol. The van der Waals surface area contributed by atoms with Crippen LogP contribution >= 0.6 is 22.9 Å². The lowest BCUT2D eigenvalue weighted by Gasteiger charge is -2.32. The number of nitrogens with zero attached hydrogens (tertiary/aromatic N) is 4. The van der Waals surface area contributed by atoms with Gasteiger partial charge >= 0.3 is 5.97 Å². The van der Waals surface area contributed by atoms with E-state index in [-0.39, 0.29) is 11.3 Å². The summed E-state index contributed by atoms with van der Waals surface area (Å²) >= 11 is 7.30. The van der Waals surface area contributed by atoms with Crippen LogP contribution in [0.15, 0.2) is 6.07 Å². The van der Waals surface area contributed by atoms with E-state index in [1.165, 1.54) is 18.4 Å². The van der Waals surface area contributed by atoms with E-state index in [0.717, 1.165) is 11.4 Å². The molecule has 24 heavy (non-hydrogen) atoms. The zero-order valence-electron chi connectivity index (χ0n) is 13.8. The molecule has 2 aromatic heterocycles. The summed E-state index contributed by atoms with van der Waals surface area (Å²) in [6, 6.07) is 2.05. The van der Waals surface area contributed by atoms with Crippen LogP contribution in [0.1, 0.15) is 21.1 Å². The molecule has 1 fully saturated rings. The largest absolute Gasteiger partial charge is 0.465 e. The number of carbonyl (C=O) groups excluding carboxylic acids is 1. The smallest absolute Gasteiger partial charge is 0.351 e. The number of methoxy groups -OCH3 is 1. The molecule has 1 aliphatic heterocycles. The minimum atomic E-state index is -0.462. The molecule has 7 nitrogen and oxygen atoms in total. The average Bonchev–Trinajstić information content (AvgIpc) is 3.09. The van der Waals surface area contributed by atoms with Crippen molar-refractivity contribution >= 4 is 34.0 Å². The summed E-state index contributed by atoms with van der Waals surface area (Å²) in [5.74, 6) is -0.462. The third-order valence-corrected chi connectivity index (χ3v) is 5.32. The number of halogens is 1. The number of thiazole rings is 1. The van der Waals surface area contributed by atoms with Gasteiger partial charge in [0, 0.05) is 18.8 Å². The molecule has 2 aromatic rings. The second kappa shape index (κ2) is 7.08. The van der Waals surface area contributed by atoms with E-state index in [2.05, 4.69) is 15.0 Å². The predicted octanol–water partition coefficient (Wildman–Crippen LogP) is 2.30. The number of ether oxygens (including phenoxy) is 2. The van der Waals surface area contributed by atoms with Crippen LogP contribution in [0.4, 0.5) is 5.13 Å². The fourth-order valence-electron chi connectivity index (χ4n) is 2.70. The Morgan fingerprint density at radius 1 is 1.54 bits per heavy atom. The standard InChI is InChI=1S/C15H19ClN4O3S/c1-9-6-10(2)20(18-9)8-11-7-19(4-5-23-11)15-17-13(16)12(24-15)14(21)22-3/h6,11H,4-5,7-8H2,1-3H3. The number of anilines is 1. The first-order valence-corrected chi connectivity index (χ1v) is 8.79. The topological polar surface area (TPSA) is 69.5 Å². The highest BCUT2D eigenvalue weighted by molar-refractivity contribution is 7.18. The van der Waals surface area contributed by atoms with Crippen molar-refractivity contribution in [3.05, 3.63) is 27.5 Å². The first kappa shape index (κ1) is 17.2. The van der Waals surface area contributed by atoms with Gasteiger partial charge in [-0.1, -0.05) is 22.9 Å². The third kappa shape index (κ3) is 3.55. The number of aryl methyl sites for hydroxylation is 2. The van der Waals surface area contributed by atoms with Crippen LogP contribution in [0.25, 0.3) is 0 Å². The van der Waals surface area contributed by atoms with E-state index in [4.69, 9.17) is 21.1 Å². The quantitative estimate of drug-likeness (QED) is 0.769. The fraction of sp³-hybridized carbons (Fsp3) is 0.533. The molecule has 1 saturated heterocycles. The maximum atomic E-state index is 11.7. The Labute approximate surface area is 149 Å². The molecule has 0 amide bonds. The molecule has 0 saturated carbocycles. The SMILES string of the molecule is COC(=O)c1sc(N2CCOC(Cn3nc(C)cc3C)C2)nc1Cl. The van der Waals surface area contributed by atoms with E-state index in [9.17, 15) is 4.79 Å². The molecule has 1 aliphatic rings. The lowest BCUT2D eigenvalue weighted by Crippen LogP contribution is -2.44. The molecule has 0 radical (unpaired) electrons. The maximum Gasteiger partial charge on any atom is 0.351 e. The van der Waals surface area contributed by atoms with Crippen molar-refractivity contribution in [2.45, 2.75) is 26.5 Å². The van der Waals surface area contributed by atoms with E-state index < -0.39 is 5.97 Å². The van der Waals surface area contributed by atoms with Crippen LogP contribution in [-0.2, 0) is 16.0 Å². The van der Waals surface area contributed by atoms with Gasteiger partial charge in [0.2, 0.25) is 0 Å². The molecule has 1 atom stereocenters. The summed E-state index contributed by atoms with van der Waals surface area (Å²) in [6.45, 7) is 6.65. The van der Waals surface area contributed by atoms with Crippen LogP contribution in [0.2, 0.25) is 5.15 Å². The molecule has 9 heteroatoms. The molecule has 130 valence electrons. The van der Waals surface area contributed by atoms with Crippen molar-refractivity contribution in [3.63, 3.8) is 0 Å². The van der Waals surface area contributed by atoms with Crippen LogP contribution in [0, 0.1) is 13.8 Å². The van der Waals surface area contributed by atoms with Crippen LogP contribution in [0.5, 0.6) is 0 Å². The molecule has 0 aliphatic carbocycles. The summed E-state index contributed by atoms with van der Waals surface area (Å²) in [5.41, 5.74) is 2.10. The number of hydrogen-bond acceptors (Lipinski definition) is 7. The van der Waals surface area contributed by atoms with Crippen LogP contribution < -0.4 is 4.90 Å². The maximum absolute atomic E-state index is 11.7. The van der Waals surface area contributed by atoms with Gasteiger partial charge in [-0.15, -0.1) is 0 Å². The minimum Gasteiger partial charge on any atom is -0.465 e. The van der Waals surface area contributed by atoms with Crippen molar-refractivity contribution < 1.29 is 14.3 Å². The van der Waals surface area contributed by atoms with Crippen LogP contribution in [0.3, 0.4) is 0 Å². The highest BCUT2D eigenvalue weighted by Gasteiger charge is 2.26. The van der Waals surface area contributed by atoms with Gasteiger partial charge in [-0.3, -0.25) is 4.68 Å². The zero-order valence-corrected chi connectivity index (χ0v) is 15.4. The highest BCUT2D eigenvalue weighted by Crippen LogP contribution is 2.31. The van der Waals surface area contributed by atoms with Gasteiger partial charge in [-0.2, -0.15) is 5.10 Å². The summed E-state index contributed by atoms with van der Waals surface area (Å²) in [6.07, 6.45) is 0.000928. The van der Waals surface area contributed by atoms with Gasteiger partial charge in [0.05, 0.1) is 32.1 Å². The fourth-order valence-corrected chi connectivity index (χ4v) is 3.94. The average molecular weight is 371 g/mol. The number of hydrogen-bond donors (Lipinski definition) is 0. The summed E-state index contributed by atoms with van der Waals surface area (Å²) in [4.78, 5) is 18.4. The summed E-state index contributed by atoms with van der Waals surface area (Å²) in [5, 5.41) is 5.37. The highest BCUT2D eigenvalue weighted by atomic mass is 35.5. The first-order valence-electron chi connectivity index (χ1n) is 7.60. The lowest BCUT2D eigenvalue weighted by atomic mass is 10.3. The van der Waals surface area contributed by atoms with Gasteiger partial charge in [0.1, 0.15) is 0 Å². The van der Waals surface area contributed by atoms with Crippen LogP contribution in [-0.4, -0.2) is 53.6 Å². The van der Waals surface area contributed by atoms with E-state index >= 15 is 0 Å². The zero-order chi connectivity index (χ0) is 17.3. The van der Waals surface area contributed by atoms with Crippen molar-refractivity contribution in [1.82, 2.24) is 14.8 Å². The molecule has 3 heterocycles. The normalized spacial score (nSPS) is 18.0. The second-order valence-electron chi connectivity index (χ2n) is 5.66. The molecule has 3 rings (SSSR count). The molecule has 0 N–H and O–H groups in total. The summed E-state index contributed by atoms with van der Waals surface area (Å²) < 4.78 is 12.5. The summed E-state index contributed by atoms with van der Waals surface area (Å²) in [7, 11) is 1.33. The van der Waals surface area contributed by atoms with E-state index in [1.54, 1.807) is 0 Å². The number of esters is 1. The van der Waals surface area contributed by atoms with E-state index in [0.29, 0.717) is 36.2 Å². The number of morpholine rings is 1. The Morgan fingerprint density at radius 2 is 2.33 bits per heavy atom. The Bertz CT molecular complexity index is 745. The first-order chi connectivity index (χ1) is 11.5. The van der Waals surface area contributed by atoms with Gasteiger partial charge in [0.25, 0.3) is 0 Å². The van der Waals surface area contributed by atoms with Crippen molar-refractivity contribution in [1.29, 1.82) is 0 Å². The second-order valence-corrected chi connectivity index (χ2v) is 6.99. The van der Waals surface area contributed by atoms with Gasteiger partial charge in [-0.05, 0) is 19.9 Å².